The Balaban J connectivity index is 2.62. The summed E-state index contributed by atoms with van der Waals surface area (Å²) >= 11 is 0. The molecule has 17 heavy (non-hydrogen) atoms. The van der Waals surface area contributed by atoms with E-state index in [0.717, 1.165) is 5.56 Å². The summed E-state index contributed by atoms with van der Waals surface area (Å²) in [5, 5.41) is 11.9. The molecule has 0 saturated carbocycles. The third kappa shape index (κ3) is 4.14. The molecule has 1 aromatic rings. The predicted molar refractivity (Wildman–Crippen MR) is 64.3 cm³/mol. The number of carbonyl (C=O) groups is 1. The number of aliphatic hydroxyl groups is 1. The average molecular weight is 238 g/mol. The molecule has 0 aromatic heterocycles. The van der Waals surface area contributed by atoms with Gasteiger partial charge in [0, 0.05) is 7.11 Å². The van der Waals surface area contributed by atoms with Crippen molar-refractivity contribution < 1.29 is 14.6 Å². The number of amides is 1. The molecule has 1 amide bonds. The van der Waals surface area contributed by atoms with E-state index in [4.69, 9.17) is 10.5 Å². The molecule has 94 valence electrons. The fourth-order valence-electron chi connectivity index (χ4n) is 1.45. The summed E-state index contributed by atoms with van der Waals surface area (Å²) in [6, 6.07) is 8.07. The van der Waals surface area contributed by atoms with Crippen molar-refractivity contribution in [2.45, 2.75) is 12.1 Å². The topological polar surface area (TPSA) is 84.6 Å². The number of benzene rings is 1. The molecule has 0 saturated heterocycles. The average Bonchev–Trinajstić information content (AvgIpc) is 2.37. The summed E-state index contributed by atoms with van der Waals surface area (Å²) in [5.74, 6) is -0.338. The van der Waals surface area contributed by atoms with E-state index in [1.165, 1.54) is 7.11 Å². The molecule has 1 rings (SSSR count). The molecule has 5 nitrogen and oxygen atoms in total. The second-order valence-corrected chi connectivity index (χ2v) is 3.72. The first kappa shape index (κ1) is 13.6. The summed E-state index contributed by atoms with van der Waals surface area (Å²) < 4.78 is 4.80. The molecular weight excluding hydrogens is 220 g/mol. The van der Waals surface area contributed by atoms with Gasteiger partial charge in [-0.05, 0) is 5.56 Å². The van der Waals surface area contributed by atoms with E-state index in [-0.39, 0.29) is 19.1 Å². The van der Waals surface area contributed by atoms with E-state index in [0.29, 0.717) is 0 Å². The highest BCUT2D eigenvalue weighted by atomic mass is 16.5. The predicted octanol–water partition coefficient (Wildman–Crippen LogP) is -0.190. The maximum Gasteiger partial charge on any atom is 0.239 e. The van der Waals surface area contributed by atoms with Gasteiger partial charge in [0.05, 0.1) is 19.3 Å². The van der Waals surface area contributed by atoms with Crippen LogP contribution in [0.3, 0.4) is 0 Å². The summed E-state index contributed by atoms with van der Waals surface area (Å²) in [5.41, 5.74) is 6.43. The quantitative estimate of drug-likeness (QED) is 0.641. The normalized spacial score (nSPS) is 14.1. The van der Waals surface area contributed by atoms with E-state index in [1.807, 2.05) is 30.3 Å². The van der Waals surface area contributed by atoms with Crippen LogP contribution in [0.1, 0.15) is 11.6 Å². The lowest BCUT2D eigenvalue weighted by Gasteiger charge is -2.19. The van der Waals surface area contributed by atoms with Gasteiger partial charge in [0.25, 0.3) is 0 Å². The lowest BCUT2D eigenvalue weighted by atomic mass is 10.1. The van der Waals surface area contributed by atoms with Crippen LogP contribution in [0.2, 0.25) is 0 Å². The number of ether oxygens (including phenoxy) is 1. The number of methoxy groups -OCH3 is 1. The second kappa shape index (κ2) is 7.01. The summed E-state index contributed by atoms with van der Waals surface area (Å²) in [7, 11) is 1.48. The molecule has 0 spiro atoms. The summed E-state index contributed by atoms with van der Waals surface area (Å²) in [6.07, 6.45) is 0. The zero-order valence-corrected chi connectivity index (χ0v) is 9.80. The Kier molecular flexibility index (Phi) is 5.62. The number of rotatable bonds is 6. The maximum atomic E-state index is 11.6. The highest BCUT2D eigenvalue weighted by Crippen LogP contribution is 2.11. The van der Waals surface area contributed by atoms with Crippen LogP contribution < -0.4 is 11.1 Å². The van der Waals surface area contributed by atoms with Gasteiger partial charge in [0.1, 0.15) is 6.04 Å². The van der Waals surface area contributed by atoms with E-state index in [1.54, 1.807) is 0 Å². The van der Waals surface area contributed by atoms with Crippen molar-refractivity contribution in [1.29, 1.82) is 0 Å². The molecule has 5 heteroatoms. The Bertz CT molecular complexity index is 343. The monoisotopic (exact) mass is 238 g/mol. The van der Waals surface area contributed by atoms with Gasteiger partial charge in [-0.15, -0.1) is 0 Å². The fourth-order valence-corrected chi connectivity index (χ4v) is 1.45. The van der Waals surface area contributed by atoms with Crippen molar-refractivity contribution in [3.8, 4) is 0 Å². The molecule has 0 bridgehead atoms. The molecule has 0 heterocycles. The van der Waals surface area contributed by atoms with E-state index >= 15 is 0 Å². The number of aliphatic hydroxyl groups excluding tert-OH is 1. The van der Waals surface area contributed by atoms with Gasteiger partial charge in [-0.1, -0.05) is 30.3 Å². The lowest BCUT2D eigenvalue weighted by Crippen LogP contribution is -2.45. The van der Waals surface area contributed by atoms with Crippen LogP contribution in [0, 0.1) is 0 Å². The van der Waals surface area contributed by atoms with Gasteiger partial charge < -0.3 is 20.9 Å². The molecule has 4 N–H and O–H groups in total. The van der Waals surface area contributed by atoms with Gasteiger partial charge in [-0.3, -0.25) is 4.79 Å². The first-order chi connectivity index (χ1) is 8.19. The minimum absolute atomic E-state index is 0.152. The number of hydrogen-bond acceptors (Lipinski definition) is 4. The minimum atomic E-state index is -0.724. The molecular formula is C12H18N2O3. The third-order valence-electron chi connectivity index (χ3n) is 2.38. The summed E-state index contributed by atoms with van der Waals surface area (Å²) in [6.45, 7) is -0.0196. The van der Waals surface area contributed by atoms with Gasteiger partial charge >= 0.3 is 0 Å². The van der Waals surface area contributed by atoms with Crippen molar-refractivity contribution in [1.82, 2.24) is 5.32 Å². The minimum Gasteiger partial charge on any atom is -0.394 e. The van der Waals surface area contributed by atoms with Crippen LogP contribution in [0.4, 0.5) is 0 Å². The van der Waals surface area contributed by atoms with Crippen LogP contribution >= 0.6 is 0 Å². The van der Waals surface area contributed by atoms with Crippen LogP contribution in [0.5, 0.6) is 0 Å². The van der Waals surface area contributed by atoms with Crippen LogP contribution in [0.25, 0.3) is 0 Å². The zero-order valence-electron chi connectivity index (χ0n) is 9.80. The van der Waals surface area contributed by atoms with Crippen molar-refractivity contribution in [2.75, 3.05) is 20.3 Å². The molecule has 0 aliphatic carbocycles. The highest BCUT2D eigenvalue weighted by Gasteiger charge is 2.18. The molecule has 2 unspecified atom stereocenters. The Labute approximate surface area is 101 Å². The van der Waals surface area contributed by atoms with Crippen LogP contribution in [0.15, 0.2) is 30.3 Å². The molecule has 0 aliphatic heterocycles. The van der Waals surface area contributed by atoms with Gasteiger partial charge in [0.15, 0.2) is 0 Å². The van der Waals surface area contributed by atoms with Crippen molar-refractivity contribution in [2.24, 2.45) is 5.73 Å². The third-order valence-corrected chi connectivity index (χ3v) is 2.38. The molecule has 0 radical (unpaired) electrons. The van der Waals surface area contributed by atoms with E-state index in [9.17, 15) is 9.90 Å². The van der Waals surface area contributed by atoms with Crippen LogP contribution in [-0.4, -0.2) is 37.4 Å². The molecule has 0 aliphatic rings. The number of nitrogens with two attached hydrogens (primary N) is 1. The lowest BCUT2D eigenvalue weighted by molar-refractivity contribution is -0.124. The van der Waals surface area contributed by atoms with E-state index in [2.05, 4.69) is 5.32 Å². The number of hydrogen-bond donors (Lipinski definition) is 3. The zero-order chi connectivity index (χ0) is 12.7. The highest BCUT2D eigenvalue weighted by molar-refractivity contribution is 5.82. The largest absolute Gasteiger partial charge is 0.394 e. The molecule has 2 atom stereocenters. The van der Waals surface area contributed by atoms with Gasteiger partial charge in [-0.25, -0.2) is 0 Å². The Morgan fingerprint density at radius 2 is 2.12 bits per heavy atom. The maximum absolute atomic E-state index is 11.6. The fraction of sp³-hybridized carbons (Fsp3) is 0.417. The van der Waals surface area contributed by atoms with Crippen molar-refractivity contribution in [3.05, 3.63) is 35.9 Å². The smallest absolute Gasteiger partial charge is 0.239 e. The van der Waals surface area contributed by atoms with E-state index < -0.39 is 12.1 Å². The Morgan fingerprint density at radius 3 is 2.65 bits per heavy atom. The van der Waals surface area contributed by atoms with Gasteiger partial charge in [-0.2, -0.15) is 0 Å². The standard InChI is InChI=1S/C12H18N2O3/c1-17-8-10(13)12(16)14-11(7-15)9-5-3-2-4-6-9/h2-6,10-11,15H,7-8,13H2,1H3,(H,14,16). The Hall–Kier alpha value is -1.43. The first-order valence-electron chi connectivity index (χ1n) is 5.39. The molecule has 1 aromatic carbocycles. The number of nitrogens with one attached hydrogen (secondary N) is 1. The van der Waals surface area contributed by atoms with Gasteiger partial charge in [0.2, 0.25) is 5.91 Å². The second-order valence-electron chi connectivity index (χ2n) is 3.72. The number of carbonyl (C=O) groups excluding carboxylic acids is 1. The SMILES string of the molecule is COCC(N)C(=O)NC(CO)c1ccccc1. The first-order valence-corrected chi connectivity index (χ1v) is 5.39. The molecule has 0 fully saturated rings. The van der Waals surface area contributed by atoms with Crippen molar-refractivity contribution >= 4 is 5.91 Å². The Morgan fingerprint density at radius 1 is 1.47 bits per heavy atom. The summed E-state index contributed by atoms with van der Waals surface area (Å²) in [4.78, 5) is 11.6. The van der Waals surface area contributed by atoms with Crippen LogP contribution in [-0.2, 0) is 9.53 Å². The van der Waals surface area contributed by atoms with Crippen molar-refractivity contribution in [3.63, 3.8) is 0 Å².